The van der Waals surface area contributed by atoms with E-state index < -0.39 is 0 Å². The number of allylic oxidation sites excluding steroid dienone is 1. The summed E-state index contributed by atoms with van der Waals surface area (Å²) >= 11 is 0. The molecule has 0 atom stereocenters. The standard InChI is InChI=1S/C14H19NO3/c1-5-17-10-7-8-11(18-6-2)13(15)12(10)14(16)9(3)4/h7-8H,3,5-6,15H2,1-2,4H3. The van der Waals surface area contributed by atoms with E-state index in [-0.39, 0.29) is 5.78 Å². The first kappa shape index (κ1) is 14.1. The lowest BCUT2D eigenvalue weighted by molar-refractivity contribution is 0.103. The van der Waals surface area contributed by atoms with Crippen LogP contribution in [0.4, 0.5) is 5.69 Å². The van der Waals surface area contributed by atoms with Crippen molar-refractivity contribution in [2.45, 2.75) is 20.8 Å². The van der Waals surface area contributed by atoms with Gasteiger partial charge >= 0.3 is 0 Å². The molecular weight excluding hydrogens is 230 g/mol. The Morgan fingerprint density at radius 1 is 1.22 bits per heavy atom. The van der Waals surface area contributed by atoms with E-state index in [0.29, 0.717) is 41.5 Å². The Morgan fingerprint density at radius 3 is 2.22 bits per heavy atom. The first-order chi connectivity index (χ1) is 8.52. The molecule has 0 amide bonds. The van der Waals surface area contributed by atoms with Crippen LogP contribution in [-0.4, -0.2) is 19.0 Å². The van der Waals surface area contributed by atoms with Gasteiger partial charge in [0.2, 0.25) is 0 Å². The van der Waals surface area contributed by atoms with Crippen molar-refractivity contribution in [3.63, 3.8) is 0 Å². The van der Waals surface area contributed by atoms with Crippen molar-refractivity contribution in [1.82, 2.24) is 0 Å². The number of hydrogen-bond donors (Lipinski definition) is 1. The van der Waals surface area contributed by atoms with Crippen LogP contribution >= 0.6 is 0 Å². The predicted molar refractivity (Wildman–Crippen MR) is 72.3 cm³/mol. The third kappa shape index (κ3) is 2.83. The zero-order valence-electron chi connectivity index (χ0n) is 11.1. The molecule has 0 aromatic heterocycles. The summed E-state index contributed by atoms with van der Waals surface area (Å²) in [5.74, 6) is 0.731. The second kappa shape index (κ2) is 6.10. The Bertz CT molecular complexity index is 466. The summed E-state index contributed by atoms with van der Waals surface area (Å²) in [5.41, 5.74) is 7.02. The van der Waals surface area contributed by atoms with Crippen molar-refractivity contribution < 1.29 is 14.3 Å². The lowest BCUT2D eigenvalue weighted by Crippen LogP contribution is -2.10. The largest absolute Gasteiger partial charge is 0.493 e. The van der Waals surface area contributed by atoms with Crippen molar-refractivity contribution >= 4 is 11.5 Å². The van der Waals surface area contributed by atoms with E-state index in [1.807, 2.05) is 13.8 Å². The number of carbonyl (C=O) groups is 1. The lowest BCUT2D eigenvalue weighted by atomic mass is 10.0. The molecule has 0 heterocycles. The Labute approximate surface area is 107 Å². The third-order valence-corrected chi connectivity index (χ3v) is 2.38. The summed E-state index contributed by atoms with van der Waals surface area (Å²) in [4.78, 5) is 12.1. The smallest absolute Gasteiger partial charge is 0.194 e. The van der Waals surface area contributed by atoms with Crippen LogP contribution in [0.2, 0.25) is 0 Å². The van der Waals surface area contributed by atoms with E-state index in [9.17, 15) is 4.79 Å². The van der Waals surface area contributed by atoms with Gasteiger partial charge in [0.1, 0.15) is 11.5 Å². The van der Waals surface area contributed by atoms with Crippen LogP contribution in [0.5, 0.6) is 11.5 Å². The summed E-state index contributed by atoms with van der Waals surface area (Å²) < 4.78 is 10.8. The highest BCUT2D eigenvalue weighted by atomic mass is 16.5. The van der Waals surface area contributed by atoms with Crippen LogP contribution in [0.25, 0.3) is 0 Å². The fourth-order valence-electron chi connectivity index (χ4n) is 1.59. The number of benzene rings is 1. The SMILES string of the molecule is C=C(C)C(=O)c1c(OCC)ccc(OCC)c1N. The molecule has 2 N–H and O–H groups in total. The Hall–Kier alpha value is -1.97. The number of rotatable bonds is 6. The molecule has 0 saturated heterocycles. The van der Waals surface area contributed by atoms with Crippen molar-refractivity contribution in [2.24, 2.45) is 0 Å². The summed E-state index contributed by atoms with van der Waals surface area (Å²) in [6.45, 7) is 9.95. The van der Waals surface area contributed by atoms with Crippen LogP contribution in [-0.2, 0) is 0 Å². The molecule has 98 valence electrons. The second-order valence-electron chi connectivity index (χ2n) is 3.83. The molecule has 0 aliphatic rings. The maximum Gasteiger partial charge on any atom is 0.194 e. The fraction of sp³-hybridized carbons (Fsp3) is 0.357. The topological polar surface area (TPSA) is 61.5 Å². The molecule has 0 saturated carbocycles. The minimum atomic E-state index is -0.225. The summed E-state index contributed by atoms with van der Waals surface area (Å²) in [7, 11) is 0. The van der Waals surface area contributed by atoms with Crippen molar-refractivity contribution in [2.75, 3.05) is 18.9 Å². The van der Waals surface area contributed by atoms with Gasteiger partial charge in [-0.1, -0.05) is 6.58 Å². The Balaban J connectivity index is 3.35. The maximum atomic E-state index is 12.1. The average Bonchev–Trinajstić information content (AvgIpc) is 2.32. The predicted octanol–water partition coefficient (Wildman–Crippen LogP) is 2.83. The second-order valence-corrected chi connectivity index (χ2v) is 3.83. The lowest BCUT2D eigenvalue weighted by Gasteiger charge is -2.15. The van der Waals surface area contributed by atoms with Gasteiger partial charge in [0.05, 0.1) is 24.5 Å². The average molecular weight is 249 g/mol. The molecule has 0 unspecified atom stereocenters. The number of hydrogen-bond acceptors (Lipinski definition) is 4. The normalized spacial score (nSPS) is 9.94. The van der Waals surface area contributed by atoms with Gasteiger partial charge in [-0.2, -0.15) is 0 Å². The molecule has 1 rings (SSSR count). The molecule has 0 bridgehead atoms. The van der Waals surface area contributed by atoms with Crippen molar-refractivity contribution in [3.8, 4) is 11.5 Å². The molecular formula is C14H19NO3. The van der Waals surface area contributed by atoms with Gasteiger partial charge < -0.3 is 15.2 Å². The monoisotopic (exact) mass is 249 g/mol. The number of nitrogens with two attached hydrogens (primary N) is 1. The number of Topliss-reactive ketones (excluding diaryl/α,β-unsaturated/α-hetero) is 1. The van der Waals surface area contributed by atoms with Crippen LogP contribution in [0.15, 0.2) is 24.3 Å². The van der Waals surface area contributed by atoms with Crippen LogP contribution in [0.1, 0.15) is 31.1 Å². The molecule has 4 nitrogen and oxygen atoms in total. The molecule has 1 aromatic rings. The highest BCUT2D eigenvalue weighted by molar-refractivity contribution is 6.13. The fourth-order valence-corrected chi connectivity index (χ4v) is 1.59. The van der Waals surface area contributed by atoms with Gasteiger partial charge in [0.15, 0.2) is 5.78 Å². The number of ether oxygens (including phenoxy) is 2. The first-order valence-electron chi connectivity index (χ1n) is 5.91. The van der Waals surface area contributed by atoms with Gasteiger partial charge in [-0.25, -0.2) is 0 Å². The van der Waals surface area contributed by atoms with E-state index in [4.69, 9.17) is 15.2 Å². The molecule has 4 heteroatoms. The van der Waals surface area contributed by atoms with Gasteiger partial charge in [0.25, 0.3) is 0 Å². The Kier molecular flexibility index (Phi) is 4.77. The first-order valence-corrected chi connectivity index (χ1v) is 5.91. The van der Waals surface area contributed by atoms with Crippen LogP contribution in [0.3, 0.4) is 0 Å². The van der Waals surface area contributed by atoms with E-state index in [2.05, 4.69) is 6.58 Å². The van der Waals surface area contributed by atoms with E-state index in [0.717, 1.165) is 0 Å². The Morgan fingerprint density at radius 2 is 1.72 bits per heavy atom. The van der Waals surface area contributed by atoms with E-state index in [1.54, 1.807) is 19.1 Å². The van der Waals surface area contributed by atoms with E-state index >= 15 is 0 Å². The number of anilines is 1. The third-order valence-electron chi connectivity index (χ3n) is 2.38. The zero-order chi connectivity index (χ0) is 13.7. The quantitative estimate of drug-likeness (QED) is 0.478. The molecule has 0 spiro atoms. The van der Waals surface area contributed by atoms with Crippen LogP contribution < -0.4 is 15.2 Å². The highest BCUT2D eigenvalue weighted by Crippen LogP contribution is 2.34. The molecule has 0 aliphatic carbocycles. The van der Waals surface area contributed by atoms with Gasteiger partial charge in [-0.3, -0.25) is 4.79 Å². The molecule has 0 fully saturated rings. The molecule has 1 aromatic carbocycles. The van der Waals surface area contributed by atoms with Gasteiger partial charge in [-0.15, -0.1) is 0 Å². The molecule has 18 heavy (non-hydrogen) atoms. The molecule has 0 aliphatic heterocycles. The zero-order valence-corrected chi connectivity index (χ0v) is 11.1. The number of ketones is 1. The minimum absolute atomic E-state index is 0.225. The van der Waals surface area contributed by atoms with E-state index in [1.165, 1.54) is 0 Å². The number of carbonyl (C=O) groups excluding carboxylic acids is 1. The van der Waals surface area contributed by atoms with Gasteiger partial charge in [0, 0.05) is 0 Å². The summed E-state index contributed by atoms with van der Waals surface area (Å²) in [6, 6.07) is 3.40. The summed E-state index contributed by atoms with van der Waals surface area (Å²) in [5, 5.41) is 0. The number of nitrogen functional groups attached to an aromatic ring is 1. The van der Waals surface area contributed by atoms with Crippen molar-refractivity contribution in [1.29, 1.82) is 0 Å². The summed E-state index contributed by atoms with van der Waals surface area (Å²) in [6.07, 6.45) is 0. The van der Waals surface area contributed by atoms with Crippen molar-refractivity contribution in [3.05, 3.63) is 29.8 Å². The van der Waals surface area contributed by atoms with Crippen LogP contribution in [0, 0.1) is 0 Å². The molecule has 0 radical (unpaired) electrons. The maximum absolute atomic E-state index is 12.1. The highest BCUT2D eigenvalue weighted by Gasteiger charge is 2.20. The minimum Gasteiger partial charge on any atom is -0.493 e. The van der Waals surface area contributed by atoms with Gasteiger partial charge in [-0.05, 0) is 38.5 Å².